The summed E-state index contributed by atoms with van der Waals surface area (Å²) in [6.07, 6.45) is 1.63. The van der Waals surface area contributed by atoms with Crippen molar-refractivity contribution in [2.45, 2.75) is 6.92 Å². The lowest BCUT2D eigenvalue weighted by Gasteiger charge is -2.08. The first-order chi connectivity index (χ1) is 9.45. The zero-order valence-corrected chi connectivity index (χ0v) is 13.5. The number of aryl methyl sites for hydroxylation is 1. The number of nitrogens with one attached hydrogen (secondary N) is 2. The molecule has 1 heterocycles. The summed E-state index contributed by atoms with van der Waals surface area (Å²) in [6.45, 7) is 1.91. The molecule has 1 aromatic heterocycles. The van der Waals surface area contributed by atoms with Gasteiger partial charge in [0.05, 0.1) is 10.0 Å². The van der Waals surface area contributed by atoms with E-state index in [-0.39, 0.29) is 0 Å². The van der Waals surface area contributed by atoms with Crippen molar-refractivity contribution in [1.29, 1.82) is 0 Å². The molecule has 0 aliphatic heterocycles. The predicted octanol–water partition coefficient (Wildman–Crippen LogP) is 5.10. The fourth-order valence-corrected chi connectivity index (χ4v) is 1.98. The van der Waals surface area contributed by atoms with Gasteiger partial charge in [0.2, 0.25) is 0 Å². The van der Waals surface area contributed by atoms with Gasteiger partial charge in [-0.3, -0.25) is 5.32 Å². The van der Waals surface area contributed by atoms with Gasteiger partial charge in [-0.15, -0.1) is 0 Å². The zero-order chi connectivity index (χ0) is 14.7. The van der Waals surface area contributed by atoms with E-state index in [1.54, 1.807) is 30.5 Å². The number of aromatic nitrogens is 1. The first-order valence-corrected chi connectivity index (χ1v) is 7.16. The van der Waals surface area contributed by atoms with Crippen LogP contribution in [0.3, 0.4) is 0 Å². The SMILES string of the molecule is Cc1cc(NC(=O)Nc2ccc(Cl)c(Cl)c2)ncc1Br. The lowest BCUT2D eigenvalue weighted by Crippen LogP contribution is -2.20. The lowest BCUT2D eigenvalue weighted by atomic mass is 10.3. The number of anilines is 2. The summed E-state index contributed by atoms with van der Waals surface area (Å²) in [5.41, 5.74) is 1.52. The Morgan fingerprint density at radius 3 is 2.60 bits per heavy atom. The summed E-state index contributed by atoms with van der Waals surface area (Å²) < 4.78 is 0.882. The molecule has 20 heavy (non-hydrogen) atoms. The van der Waals surface area contributed by atoms with E-state index < -0.39 is 6.03 Å². The van der Waals surface area contributed by atoms with E-state index in [0.717, 1.165) is 10.0 Å². The number of hydrogen-bond acceptors (Lipinski definition) is 2. The molecule has 104 valence electrons. The van der Waals surface area contributed by atoms with Crippen LogP contribution >= 0.6 is 39.1 Å². The van der Waals surface area contributed by atoms with Crippen LogP contribution in [-0.4, -0.2) is 11.0 Å². The average Bonchev–Trinajstić information content (AvgIpc) is 2.38. The molecule has 4 nitrogen and oxygen atoms in total. The number of carbonyl (C=O) groups excluding carboxylic acids is 1. The Bertz CT molecular complexity index is 609. The van der Waals surface area contributed by atoms with Crippen LogP contribution in [0.25, 0.3) is 0 Å². The first-order valence-electron chi connectivity index (χ1n) is 5.61. The van der Waals surface area contributed by atoms with Gasteiger partial charge in [0.15, 0.2) is 0 Å². The van der Waals surface area contributed by atoms with Crippen molar-refractivity contribution < 1.29 is 4.79 Å². The third-order valence-electron chi connectivity index (χ3n) is 2.47. The number of pyridine rings is 1. The van der Waals surface area contributed by atoms with E-state index in [9.17, 15) is 4.79 Å². The van der Waals surface area contributed by atoms with Crippen LogP contribution < -0.4 is 10.6 Å². The molecule has 0 spiro atoms. The lowest BCUT2D eigenvalue weighted by molar-refractivity contribution is 0.262. The van der Waals surface area contributed by atoms with E-state index in [0.29, 0.717) is 21.6 Å². The molecule has 1 aromatic carbocycles. The Labute approximate surface area is 134 Å². The molecular formula is C13H10BrCl2N3O. The number of rotatable bonds is 2. The third-order valence-corrected chi connectivity index (χ3v) is 4.04. The molecule has 0 aliphatic rings. The molecular weight excluding hydrogens is 365 g/mol. The van der Waals surface area contributed by atoms with E-state index in [2.05, 4.69) is 31.5 Å². The van der Waals surface area contributed by atoms with Gasteiger partial charge >= 0.3 is 6.03 Å². The maximum absolute atomic E-state index is 11.8. The van der Waals surface area contributed by atoms with Crippen molar-refractivity contribution in [2.75, 3.05) is 10.6 Å². The van der Waals surface area contributed by atoms with Gasteiger partial charge in [0, 0.05) is 16.4 Å². The van der Waals surface area contributed by atoms with Crippen LogP contribution in [0.4, 0.5) is 16.3 Å². The minimum absolute atomic E-state index is 0.377. The predicted molar refractivity (Wildman–Crippen MR) is 85.8 cm³/mol. The van der Waals surface area contributed by atoms with Crippen LogP contribution in [0.5, 0.6) is 0 Å². The quantitative estimate of drug-likeness (QED) is 0.767. The molecule has 2 aromatic rings. The summed E-state index contributed by atoms with van der Waals surface area (Å²) in [6, 6.07) is 6.20. The van der Waals surface area contributed by atoms with Crippen molar-refractivity contribution in [3.8, 4) is 0 Å². The van der Waals surface area contributed by atoms with Crippen LogP contribution in [0.1, 0.15) is 5.56 Å². The second-order valence-corrected chi connectivity index (χ2v) is 5.70. The van der Waals surface area contributed by atoms with Gasteiger partial charge in [-0.25, -0.2) is 9.78 Å². The van der Waals surface area contributed by atoms with Gasteiger partial charge in [0.25, 0.3) is 0 Å². The molecule has 0 saturated carbocycles. The molecule has 0 saturated heterocycles. The number of nitrogens with zero attached hydrogens (tertiary/aromatic N) is 1. The second kappa shape index (κ2) is 6.43. The molecule has 0 aliphatic carbocycles. The first kappa shape index (κ1) is 15.1. The van der Waals surface area contributed by atoms with E-state index in [4.69, 9.17) is 23.2 Å². The zero-order valence-electron chi connectivity index (χ0n) is 10.4. The van der Waals surface area contributed by atoms with E-state index in [1.807, 2.05) is 6.92 Å². The fourth-order valence-electron chi connectivity index (χ4n) is 1.46. The Kier molecular flexibility index (Phi) is 4.86. The van der Waals surface area contributed by atoms with Crippen molar-refractivity contribution in [1.82, 2.24) is 4.98 Å². The van der Waals surface area contributed by atoms with Crippen molar-refractivity contribution >= 4 is 56.7 Å². The molecule has 0 unspecified atom stereocenters. The topological polar surface area (TPSA) is 54.0 Å². The highest BCUT2D eigenvalue weighted by molar-refractivity contribution is 9.10. The minimum Gasteiger partial charge on any atom is -0.308 e. The van der Waals surface area contributed by atoms with Crippen LogP contribution in [0.2, 0.25) is 10.0 Å². The highest BCUT2D eigenvalue weighted by atomic mass is 79.9. The van der Waals surface area contributed by atoms with Gasteiger partial charge in [-0.05, 0) is 52.7 Å². The van der Waals surface area contributed by atoms with Crippen LogP contribution in [0, 0.1) is 6.92 Å². The summed E-state index contributed by atoms with van der Waals surface area (Å²) in [5, 5.41) is 6.09. The van der Waals surface area contributed by atoms with Crippen molar-refractivity contribution in [3.05, 3.63) is 50.5 Å². The summed E-state index contributed by atoms with van der Waals surface area (Å²) in [5.74, 6) is 0.461. The summed E-state index contributed by atoms with van der Waals surface area (Å²) >= 11 is 15.0. The average molecular weight is 375 g/mol. The maximum atomic E-state index is 11.8. The smallest absolute Gasteiger partial charge is 0.308 e. The van der Waals surface area contributed by atoms with Gasteiger partial charge in [-0.1, -0.05) is 23.2 Å². The van der Waals surface area contributed by atoms with E-state index in [1.165, 1.54) is 0 Å². The standard InChI is InChI=1S/C13H10BrCl2N3O/c1-7-4-12(17-6-9(7)14)19-13(20)18-8-2-3-10(15)11(16)5-8/h2-6H,1H3,(H2,17,18,19,20). The Hall–Kier alpha value is -1.30. The fraction of sp³-hybridized carbons (Fsp3) is 0.0769. The number of hydrogen-bond donors (Lipinski definition) is 2. The largest absolute Gasteiger partial charge is 0.324 e. The van der Waals surface area contributed by atoms with Gasteiger partial charge < -0.3 is 5.32 Å². The Morgan fingerprint density at radius 1 is 1.20 bits per heavy atom. The Morgan fingerprint density at radius 2 is 1.95 bits per heavy atom. The van der Waals surface area contributed by atoms with Crippen molar-refractivity contribution in [2.24, 2.45) is 0 Å². The second-order valence-electron chi connectivity index (χ2n) is 4.03. The number of halogens is 3. The normalized spacial score (nSPS) is 10.2. The summed E-state index contributed by atoms with van der Waals surface area (Å²) in [7, 11) is 0. The molecule has 2 N–H and O–H groups in total. The number of urea groups is 1. The molecule has 7 heteroatoms. The molecule has 0 atom stereocenters. The molecule has 0 radical (unpaired) electrons. The molecule has 2 rings (SSSR count). The minimum atomic E-state index is -0.405. The van der Waals surface area contributed by atoms with Crippen LogP contribution in [0.15, 0.2) is 34.9 Å². The molecule has 2 amide bonds. The van der Waals surface area contributed by atoms with Crippen molar-refractivity contribution in [3.63, 3.8) is 0 Å². The number of carbonyl (C=O) groups is 1. The monoisotopic (exact) mass is 373 g/mol. The summed E-state index contributed by atoms with van der Waals surface area (Å²) in [4.78, 5) is 15.9. The van der Waals surface area contributed by atoms with E-state index >= 15 is 0 Å². The maximum Gasteiger partial charge on any atom is 0.324 e. The highest BCUT2D eigenvalue weighted by Crippen LogP contribution is 2.25. The van der Waals surface area contributed by atoms with Gasteiger partial charge in [0.1, 0.15) is 5.82 Å². The third kappa shape index (κ3) is 3.85. The molecule has 0 bridgehead atoms. The number of amides is 2. The Balaban J connectivity index is 2.04. The highest BCUT2D eigenvalue weighted by Gasteiger charge is 2.06. The number of benzene rings is 1. The van der Waals surface area contributed by atoms with Crippen LogP contribution in [-0.2, 0) is 0 Å². The van der Waals surface area contributed by atoms with Gasteiger partial charge in [-0.2, -0.15) is 0 Å². The molecule has 0 fully saturated rings.